The lowest BCUT2D eigenvalue weighted by Gasteiger charge is -2.10. The van der Waals surface area contributed by atoms with Crippen LogP contribution in [0.5, 0.6) is 0 Å². The average Bonchev–Trinajstić information content (AvgIpc) is 2.97. The van der Waals surface area contributed by atoms with Crippen molar-refractivity contribution in [1.29, 1.82) is 0 Å². The molecule has 140 valence electrons. The highest BCUT2D eigenvalue weighted by Gasteiger charge is 2.23. The van der Waals surface area contributed by atoms with Crippen molar-refractivity contribution in [3.8, 4) is 11.1 Å². The van der Waals surface area contributed by atoms with Gasteiger partial charge in [-0.1, -0.05) is 52.0 Å². The Morgan fingerprint density at radius 2 is 1.77 bits per heavy atom. The van der Waals surface area contributed by atoms with E-state index >= 15 is 0 Å². The average molecular weight is 374 g/mol. The largest absolute Gasteiger partial charge is 0.462 e. The Morgan fingerprint density at radius 1 is 1.12 bits per heavy atom. The van der Waals surface area contributed by atoms with E-state index in [1.54, 1.807) is 6.92 Å². The van der Waals surface area contributed by atoms with Crippen LogP contribution in [0.25, 0.3) is 11.1 Å². The number of benzene rings is 1. The number of nitrogens with one attached hydrogen (secondary N) is 1. The fourth-order valence-electron chi connectivity index (χ4n) is 2.66. The van der Waals surface area contributed by atoms with Crippen molar-refractivity contribution in [2.75, 3.05) is 11.9 Å². The molecule has 26 heavy (non-hydrogen) atoms. The van der Waals surface area contributed by atoms with Crippen molar-refractivity contribution in [3.05, 3.63) is 40.8 Å². The summed E-state index contributed by atoms with van der Waals surface area (Å²) in [4.78, 5) is 24.7. The molecule has 2 rings (SSSR count). The van der Waals surface area contributed by atoms with Crippen molar-refractivity contribution in [2.24, 2.45) is 5.92 Å². The summed E-state index contributed by atoms with van der Waals surface area (Å²) in [5.74, 6) is 0.205. The van der Waals surface area contributed by atoms with Gasteiger partial charge in [-0.15, -0.1) is 11.3 Å². The Morgan fingerprint density at radius 3 is 2.31 bits per heavy atom. The first-order valence-corrected chi connectivity index (χ1v) is 9.90. The number of carbonyl (C=O) groups is 2. The van der Waals surface area contributed by atoms with E-state index in [-0.39, 0.29) is 11.8 Å². The van der Waals surface area contributed by atoms with Crippen LogP contribution in [0.2, 0.25) is 0 Å². The molecule has 0 bridgehead atoms. The summed E-state index contributed by atoms with van der Waals surface area (Å²) in [7, 11) is 0. The molecule has 0 aliphatic carbocycles. The minimum atomic E-state index is -0.406. The predicted molar refractivity (Wildman–Crippen MR) is 108 cm³/mol. The number of anilines is 1. The van der Waals surface area contributed by atoms with Crippen LogP contribution in [0.3, 0.4) is 0 Å². The van der Waals surface area contributed by atoms with Crippen LogP contribution in [0.4, 0.5) is 5.00 Å². The Bertz CT molecular complexity index is 760. The molecule has 0 fully saturated rings. The number of carbonyl (C=O) groups excluding carboxylic acids is 2. The van der Waals surface area contributed by atoms with Crippen molar-refractivity contribution < 1.29 is 14.3 Å². The standard InChI is InChI=1S/C21H27NO3S/c1-6-25-21(24)19-17(16-9-7-15(8-10-16)14(4)5)12-26-20(19)22-18(23)11-13(2)3/h7-10,12-14H,6,11H2,1-5H3,(H,22,23). The summed E-state index contributed by atoms with van der Waals surface area (Å²) < 4.78 is 5.23. The number of ether oxygens (including phenoxy) is 1. The second-order valence-electron chi connectivity index (χ2n) is 7.00. The molecule has 1 aromatic heterocycles. The number of hydrogen-bond acceptors (Lipinski definition) is 4. The number of thiophene rings is 1. The van der Waals surface area contributed by atoms with Crippen LogP contribution in [0.15, 0.2) is 29.6 Å². The number of amides is 1. The van der Waals surface area contributed by atoms with Gasteiger partial charge < -0.3 is 10.1 Å². The summed E-state index contributed by atoms with van der Waals surface area (Å²) in [6, 6.07) is 8.17. The Labute approximate surface area is 159 Å². The Balaban J connectivity index is 2.39. The van der Waals surface area contributed by atoms with E-state index in [4.69, 9.17) is 4.74 Å². The van der Waals surface area contributed by atoms with Gasteiger partial charge in [0.2, 0.25) is 5.91 Å². The van der Waals surface area contributed by atoms with Gasteiger partial charge in [-0.25, -0.2) is 4.79 Å². The first-order valence-electron chi connectivity index (χ1n) is 9.02. The normalized spacial score (nSPS) is 11.0. The summed E-state index contributed by atoms with van der Waals surface area (Å²) in [6.07, 6.45) is 0.415. The molecular weight excluding hydrogens is 346 g/mol. The van der Waals surface area contributed by atoms with E-state index < -0.39 is 5.97 Å². The molecule has 0 saturated heterocycles. The van der Waals surface area contributed by atoms with Crippen LogP contribution in [-0.2, 0) is 9.53 Å². The zero-order valence-electron chi connectivity index (χ0n) is 16.1. The quantitative estimate of drug-likeness (QED) is 0.633. The lowest BCUT2D eigenvalue weighted by Crippen LogP contribution is -2.16. The van der Waals surface area contributed by atoms with Crippen LogP contribution in [-0.4, -0.2) is 18.5 Å². The molecule has 0 radical (unpaired) electrons. The number of rotatable bonds is 7. The fraction of sp³-hybridized carbons (Fsp3) is 0.429. The Kier molecular flexibility index (Phi) is 6.98. The second kappa shape index (κ2) is 8.99. The van der Waals surface area contributed by atoms with Crippen molar-refractivity contribution in [1.82, 2.24) is 0 Å². The maximum absolute atomic E-state index is 12.5. The summed E-state index contributed by atoms with van der Waals surface area (Å²) >= 11 is 1.36. The first kappa shape index (κ1) is 20.2. The number of esters is 1. The lowest BCUT2D eigenvalue weighted by molar-refractivity contribution is -0.116. The molecule has 0 spiro atoms. The van der Waals surface area contributed by atoms with Gasteiger partial charge in [0.15, 0.2) is 0 Å². The van der Waals surface area contributed by atoms with E-state index in [0.29, 0.717) is 29.5 Å². The van der Waals surface area contributed by atoms with Crippen molar-refractivity contribution >= 4 is 28.2 Å². The summed E-state index contributed by atoms with van der Waals surface area (Å²) in [5, 5.41) is 5.34. The molecular formula is C21H27NO3S. The Hall–Kier alpha value is -2.14. The van der Waals surface area contributed by atoms with Crippen molar-refractivity contribution in [3.63, 3.8) is 0 Å². The monoisotopic (exact) mass is 373 g/mol. The van der Waals surface area contributed by atoms with Gasteiger partial charge in [-0.05, 0) is 29.9 Å². The second-order valence-corrected chi connectivity index (χ2v) is 7.88. The van der Waals surface area contributed by atoms with Gasteiger partial charge in [0, 0.05) is 17.4 Å². The minimum Gasteiger partial charge on any atom is -0.462 e. The molecule has 0 aliphatic rings. The SMILES string of the molecule is CCOC(=O)c1c(-c2ccc(C(C)C)cc2)csc1NC(=O)CC(C)C. The van der Waals surface area contributed by atoms with Gasteiger partial charge in [0.25, 0.3) is 0 Å². The van der Waals surface area contributed by atoms with Crippen LogP contribution in [0.1, 0.15) is 62.9 Å². The molecule has 1 aromatic carbocycles. The molecule has 1 N–H and O–H groups in total. The molecule has 0 saturated carbocycles. The summed E-state index contributed by atoms with van der Waals surface area (Å²) in [6.45, 7) is 10.3. The van der Waals surface area contributed by atoms with Gasteiger partial charge >= 0.3 is 5.97 Å². The van der Waals surface area contributed by atoms with Gasteiger partial charge in [-0.2, -0.15) is 0 Å². The number of hydrogen-bond donors (Lipinski definition) is 1. The van der Waals surface area contributed by atoms with E-state index in [1.165, 1.54) is 16.9 Å². The van der Waals surface area contributed by atoms with Crippen LogP contribution >= 0.6 is 11.3 Å². The summed E-state index contributed by atoms with van der Waals surface area (Å²) in [5.41, 5.74) is 3.42. The fourth-order valence-corrected chi connectivity index (χ4v) is 3.64. The third-order valence-electron chi connectivity index (χ3n) is 4.01. The van der Waals surface area contributed by atoms with Gasteiger partial charge in [-0.3, -0.25) is 4.79 Å². The predicted octanol–water partition coefficient (Wildman–Crippen LogP) is 5.70. The van der Waals surface area contributed by atoms with E-state index in [2.05, 4.69) is 31.3 Å². The molecule has 5 heteroatoms. The molecule has 0 atom stereocenters. The zero-order valence-corrected chi connectivity index (χ0v) is 16.9. The molecule has 2 aromatic rings. The van der Waals surface area contributed by atoms with Gasteiger partial charge in [0.1, 0.15) is 10.6 Å². The molecule has 0 unspecified atom stereocenters. The lowest BCUT2D eigenvalue weighted by atomic mass is 9.98. The minimum absolute atomic E-state index is 0.0888. The van der Waals surface area contributed by atoms with E-state index in [1.807, 2.05) is 31.4 Å². The highest BCUT2D eigenvalue weighted by molar-refractivity contribution is 7.15. The molecule has 4 nitrogen and oxygen atoms in total. The van der Waals surface area contributed by atoms with Crippen molar-refractivity contribution in [2.45, 2.75) is 47.0 Å². The maximum atomic E-state index is 12.5. The third-order valence-corrected chi connectivity index (χ3v) is 4.90. The van der Waals surface area contributed by atoms with Crippen LogP contribution < -0.4 is 5.32 Å². The first-order chi connectivity index (χ1) is 12.3. The molecule has 0 aliphatic heterocycles. The van der Waals surface area contributed by atoms with Crippen LogP contribution in [0, 0.1) is 5.92 Å². The topological polar surface area (TPSA) is 55.4 Å². The zero-order chi connectivity index (χ0) is 19.3. The maximum Gasteiger partial charge on any atom is 0.341 e. The smallest absolute Gasteiger partial charge is 0.341 e. The van der Waals surface area contributed by atoms with Gasteiger partial charge in [0.05, 0.1) is 6.61 Å². The highest BCUT2D eigenvalue weighted by atomic mass is 32.1. The molecule has 1 heterocycles. The third kappa shape index (κ3) is 4.94. The van der Waals surface area contributed by atoms with E-state index in [9.17, 15) is 9.59 Å². The highest BCUT2D eigenvalue weighted by Crippen LogP contribution is 2.37. The molecule has 1 amide bonds. The van der Waals surface area contributed by atoms with E-state index in [0.717, 1.165) is 11.1 Å².